The Bertz CT molecular complexity index is 869. The fourth-order valence-electron chi connectivity index (χ4n) is 3.18. The number of benzene rings is 2. The number of nitrogens with zero attached hydrogens (tertiary/aromatic N) is 1. The molecule has 1 heterocycles. The van der Waals surface area contributed by atoms with Crippen molar-refractivity contribution < 1.29 is 18.4 Å². The van der Waals surface area contributed by atoms with Gasteiger partial charge in [0.2, 0.25) is 5.91 Å². The fourth-order valence-corrected chi connectivity index (χ4v) is 4.13. The van der Waals surface area contributed by atoms with Gasteiger partial charge in [0.1, 0.15) is 11.6 Å². The zero-order valence-corrected chi connectivity index (χ0v) is 16.4. The molecule has 1 N–H and O–H groups in total. The number of hydrogen-bond donors (Lipinski definition) is 1. The summed E-state index contributed by atoms with van der Waals surface area (Å²) in [7, 11) is 0. The molecule has 1 atom stereocenters. The normalized spacial score (nSPS) is 14.8. The van der Waals surface area contributed by atoms with Gasteiger partial charge in [0.15, 0.2) is 0 Å². The van der Waals surface area contributed by atoms with Crippen molar-refractivity contribution in [3.63, 3.8) is 0 Å². The Morgan fingerprint density at radius 1 is 1.14 bits per heavy atom. The molecule has 2 aromatic rings. The molecule has 0 spiro atoms. The van der Waals surface area contributed by atoms with Crippen LogP contribution in [0.15, 0.2) is 47.4 Å². The molecule has 0 radical (unpaired) electrons. The Labute approximate surface area is 167 Å². The van der Waals surface area contributed by atoms with E-state index in [0.29, 0.717) is 10.5 Å². The number of halogens is 2. The molecule has 0 saturated carbocycles. The summed E-state index contributed by atoms with van der Waals surface area (Å²) in [6.07, 6.45) is 2.07. The Morgan fingerprint density at radius 2 is 1.86 bits per heavy atom. The maximum absolute atomic E-state index is 14.0. The third-order valence-electron chi connectivity index (χ3n) is 4.72. The second-order valence-electron chi connectivity index (χ2n) is 6.73. The number of nitrogens with one attached hydrogen (secondary N) is 1. The van der Waals surface area contributed by atoms with Crippen LogP contribution in [0.1, 0.15) is 41.7 Å². The molecular formula is C21H22F2N2O2S. The molecule has 2 amide bonds. The average Bonchev–Trinajstić information content (AvgIpc) is 3.21. The van der Waals surface area contributed by atoms with E-state index >= 15 is 0 Å². The highest BCUT2D eigenvalue weighted by Gasteiger charge is 2.20. The van der Waals surface area contributed by atoms with Gasteiger partial charge in [0.25, 0.3) is 5.91 Å². The summed E-state index contributed by atoms with van der Waals surface area (Å²) < 4.78 is 27.0. The van der Waals surface area contributed by atoms with Gasteiger partial charge < -0.3 is 10.2 Å². The van der Waals surface area contributed by atoms with Crippen LogP contribution in [-0.2, 0) is 4.79 Å². The van der Waals surface area contributed by atoms with Crippen molar-refractivity contribution in [3.8, 4) is 0 Å². The first-order chi connectivity index (χ1) is 13.5. The lowest BCUT2D eigenvalue weighted by Gasteiger charge is -2.17. The standard InChI is InChI=1S/C21H22F2N2O2S/c1-14(16-9-8-15(22)12-18(16)23)24-21(27)17-6-2-3-7-19(17)28-13-20(26)25-10-4-5-11-25/h2-3,6-9,12,14H,4-5,10-11,13H2,1H3,(H,24,27). The SMILES string of the molecule is CC(NC(=O)c1ccccc1SCC(=O)N1CCCC1)c1ccc(F)cc1F. The van der Waals surface area contributed by atoms with E-state index in [4.69, 9.17) is 0 Å². The third-order valence-corrected chi connectivity index (χ3v) is 5.78. The minimum atomic E-state index is -0.702. The Morgan fingerprint density at radius 3 is 2.57 bits per heavy atom. The molecule has 0 aromatic heterocycles. The highest BCUT2D eigenvalue weighted by atomic mass is 32.2. The maximum Gasteiger partial charge on any atom is 0.252 e. The first-order valence-corrected chi connectivity index (χ1v) is 10.2. The minimum absolute atomic E-state index is 0.0689. The van der Waals surface area contributed by atoms with Gasteiger partial charge in [-0.3, -0.25) is 9.59 Å². The van der Waals surface area contributed by atoms with Gasteiger partial charge >= 0.3 is 0 Å². The second kappa shape index (κ2) is 9.19. The summed E-state index contributed by atoms with van der Waals surface area (Å²) in [5.74, 6) is -1.39. The topological polar surface area (TPSA) is 49.4 Å². The van der Waals surface area contributed by atoms with Crippen molar-refractivity contribution in [3.05, 3.63) is 65.2 Å². The first kappa shape index (κ1) is 20.3. The van der Waals surface area contributed by atoms with Gasteiger partial charge in [0.05, 0.1) is 17.4 Å². The summed E-state index contributed by atoms with van der Waals surface area (Å²) in [6.45, 7) is 3.23. The van der Waals surface area contributed by atoms with Gasteiger partial charge in [-0.25, -0.2) is 8.78 Å². The van der Waals surface area contributed by atoms with Crippen LogP contribution < -0.4 is 5.32 Å². The van der Waals surface area contributed by atoms with E-state index in [-0.39, 0.29) is 23.1 Å². The number of hydrogen-bond acceptors (Lipinski definition) is 3. The summed E-state index contributed by atoms with van der Waals surface area (Å²) in [5, 5.41) is 2.75. The molecule has 0 aliphatic carbocycles. The van der Waals surface area contributed by atoms with E-state index in [0.717, 1.165) is 38.1 Å². The summed E-state index contributed by atoms with van der Waals surface area (Å²) in [4.78, 5) is 27.5. The van der Waals surface area contributed by atoms with Crippen molar-refractivity contribution in [2.45, 2.75) is 30.7 Å². The van der Waals surface area contributed by atoms with E-state index in [2.05, 4.69) is 5.32 Å². The lowest BCUT2D eigenvalue weighted by molar-refractivity contribution is -0.127. The van der Waals surface area contributed by atoms with Crippen LogP contribution in [0.4, 0.5) is 8.78 Å². The van der Waals surface area contributed by atoms with Gasteiger partial charge in [-0.1, -0.05) is 18.2 Å². The number of thioether (sulfide) groups is 1. The van der Waals surface area contributed by atoms with E-state index in [1.165, 1.54) is 17.8 Å². The summed E-state index contributed by atoms with van der Waals surface area (Å²) >= 11 is 1.32. The molecule has 2 aromatic carbocycles. The Hall–Kier alpha value is -2.41. The maximum atomic E-state index is 14.0. The smallest absolute Gasteiger partial charge is 0.252 e. The number of likely N-dealkylation sites (tertiary alicyclic amines) is 1. The van der Waals surface area contributed by atoms with Crippen molar-refractivity contribution in [2.75, 3.05) is 18.8 Å². The zero-order chi connectivity index (χ0) is 20.1. The predicted molar refractivity (Wildman–Crippen MR) is 105 cm³/mol. The van der Waals surface area contributed by atoms with Crippen LogP contribution >= 0.6 is 11.8 Å². The van der Waals surface area contributed by atoms with Crippen LogP contribution in [0.3, 0.4) is 0 Å². The van der Waals surface area contributed by atoms with Crippen LogP contribution in [0.5, 0.6) is 0 Å². The number of amides is 2. The molecule has 4 nitrogen and oxygen atoms in total. The minimum Gasteiger partial charge on any atom is -0.345 e. The van der Waals surface area contributed by atoms with Crippen molar-refractivity contribution in [1.29, 1.82) is 0 Å². The predicted octanol–water partition coefficient (Wildman–Crippen LogP) is 4.17. The Kier molecular flexibility index (Phi) is 6.67. The monoisotopic (exact) mass is 404 g/mol. The summed E-state index contributed by atoms with van der Waals surface area (Å²) in [6, 6.07) is 9.67. The molecule has 7 heteroatoms. The molecule has 0 bridgehead atoms. The lowest BCUT2D eigenvalue weighted by Crippen LogP contribution is -2.29. The van der Waals surface area contributed by atoms with Crippen LogP contribution in [0.2, 0.25) is 0 Å². The number of carbonyl (C=O) groups is 2. The molecule has 1 saturated heterocycles. The van der Waals surface area contributed by atoms with Crippen molar-refractivity contribution in [2.24, 2.45) is 0 Å². The third kappa shape index (κ3) is 4.90. The highest BCUT2D eigenvalue weighted by molar-refractivity contribution is 8.00. The molecule has 28 heavy (non-hydrogen) atoms. The molecular weight excluding hydrogens is 382 g/mol. The van der Waals surface area contributed by atoms with Gasteiger partial charge in [-0.2, -0.15) is 0 Å². The quantitative estimate of drug-likeness (QED) is 0.735. The average molecular weight is 404 g/mol. The number of carbonyl (C=O) groups excluding carboxylic acids is 2. The molecule has 1 aliphatic heterocycles. The van der Waals surface area contributed by atoms with Gasteiger partial charge in [-0.05, 0) is 38.0 Å². The highest BCUT2D eigenvalue weighted by Crippen LogP contribution is 2.25. The van der Waals surface area contributed by atoms with E-state index in [1.807, 2.05) is 11.0 Å². The fraction of sp³-hybridized carbons (Fsp3) is 0.333. The molecule has 1 unspecified atom stereocenters. The molecule has 148 valence electrons. The van der Waals surface area contributed by atoms with Gasteiger partial charge in [-0.15, -0.1) is 11.8 Å². The Balaban J connectivity index is 1.67. The van der Waals surface area contributed by atoms with Crippen LogP contribution in [-0.4, -0.2) is 35.6 Å². The molecule has 3 rings (SSSR count). The van der Waals surface area contributed by atoms with E-state index < -0.39 is 17.7 Å². The lowest BCUT2D eigenvalue weighted by atomic mass is 10.1. The first-order valence-electron chi connectivity index (χ1n) is 9.21. The second-order valence-corrected chi connectivity index (χ2v) is 7.75. The van der Waals surface area contributed by atoms with Crippen LogP contribution in [0, 0.1) is 11.6 Å². The largest absolute Gasteiger partial charge is 0.345 e. The van der Waals surface area contributed by atoms with Crippen LogP contribution in [0.25, 0.3) is 0 Å². The van der Waals surface area contributed by atoms with E-state index in [1.54, 1.807) is 25.1 Å². The summed E-state index contributed by atoms with van der Waals surface area (Å²) in [5.41, 5.74) is 0.639. The van der Waals surface area contributed by atoms with Crippen molar-refractivity contribution in [1.82, 2.24) is 10.2 Å². The van der Waals surface area contributed by atoms with E-state index in [9.17, 15) is 18.4 Å². The van der Waals surface area contributed by atoms with Gasteiger partial charge in [0, 0.05) is 29.6 Å². The van der Waals surface area contributed by atoms with Crippen molar-refractivity contribution >= 4 is 23.6 Å². The number of rotatable bonds is 6. The molecule has 1 aliphatic rings. The zero-order valence-electron chi connectivity index (χ0n) is 15.6. The molecule has 1 fully saturated rings.